The second kappa shape index (κ2) is 4.77. The number of rotatable bonds is 3. The normalized spacial score (nSPS) is 18.3. The van der Waals surface area contributed by atoms with Gasteiger partial charge < -0.3 is 10.5 Å². The van der Waals surface area contributed by atoms with Crippen molar-refractivity contribution in [2.24, 2.45) is 12.8 Å². The molecule has 84 valence electrons. The van der Waals surface area contributed by atoms with Gasteiger partial charge in [-0.25, -0.2) is 0 Å². The molecule has 1 aliphatic heterocycles. The first-order valence-corrected chi connectivity index (χ1v) is 5.61. The van der Waals surface area contributed by atoms with E-state index in [-0.39, 0.29) is 0 Å². The highest BCUT2D eigenvalue weighted by molar-refractivity contribution is 5.23. The molecule has 2 N–H and O–H groups in total. The predicted molar refractivity (Wildman–Crippen MR) is 58.8 cm³/mol. The number of nitrogens with zero attached hydrogens (tertiary/aromatic N) is 2. The summed E-state index contributed by atoms with van der Waals surface area (Å²) < 4.78 is 7.33. The molecule has 0 aromatic carbocycles. The highest BCUT2D eigenvalue weighted by atomic mass is 16.5. The minimum atomic E-state index is 0.619. The Morgan fingerprint density at radius 1 is 1.53 bits per heavy atom. The summed E-state index contributed by atoms with van der Waals surface area (Å²) in [7, 11) is 1.99. The Bertz CT molecular complexity index is 316. The summed E-state index contributed by atoms with van der Waals surface area (Å²) in [6.45, 7) is 2.44. The van der Waals surface area contributed by atoms with E-state index in [0.717, 1.165) is 32.5 Å². The van der Waals surface area contributed by atoms with Crippen molar-refractivity contribution in [3.63, 3.8) is 0 Å². The molecule has 4 heteroatoms. The summed E-state index contributed by atoms with van der Waals surface area (Å²) in [6.07, 6.45) is 5.15. The minimum Gasteiger partial charge on any atom is -0.381 e. The van der Waals surface area contributed by atoms with E-state index in [1.54, 1.807) is 0 Å². The van der Waals surface area contributed by atoms with Gasteiger partial charge in [0.15, 0.2) is 0 Å². The number of nitrogens with two attached hydrogens (primary N) is 1. The lowest BCUT2D eigenvalue weighted by Gasteiger charge is -2.22. The van der Waals surface area contributed by atoms with E-state index >= 15 is 0 Å². The molecule has 2 rings (SSSR count). The summed E-state index contributed by atoms with van der Waals surface area (Å²) in [6, 6.07) is 0. The first-order chi connectivity index (χ1) is 7.33. The lowest BCUT2D eigenvalue weighted by molar-refractivity contribution is 0.0851. The van der Waals surface area contributed by atoms with Crippen molar-refractivity contribution >= 4 is 0 Å². The Kier molecular flexibility index (Phi) is 3.38. The van der Waals surface area contributed by atoms with Crippen LogP contribution in [0.3, 0.4) is 0 Å². The van der Waals surface area contributed by atoms with Crippen LogP contribution in [0.25, 0.3) is 0 Å². The Labute approximate surface area is 90.4 Å². The standard InChI is InChI=1S/C11H19N3O/c1-14-11(2-5-12)10(8-13-14)9-3-6-15-7-4-9/h8-9H,2-7,12H2,1H3. The smallest absolute Gasteiger partial charge is 0.0527 e. The summed E-state index contributed by atoms with van der Waals surface area (Å²) in [4.78, 5) is 0. The molecule has 1 aliphatic rings. The molecule has 2 heterocycles. The zero-order valence-corrected chi connectivity index (χ0v) is 9.28. The van der Waals surface area contributed by atoms with Crippen LogP contribution in [0, 0.1) is 0 Å². The highest BCUT2D eigenvalue weighted by Gasteiger charge is 2.20. The van der Waals surface area contributed by atoms with Gasteiger partial charge in [0.2, 0.25) is 0 Å². The quantitative estimate of drug-likeness (QED) is 0.801. The van der Waals surface area contributed by atoms with E-state index in [2.05, 4.69) is 5.10 Å². The van der Waals surface area contributed by atoms with E-state index in [0.29, 0.717) is 12.5 Å². The Morgan fingerprint density at radius 2 is 2.27 bits per heavy atom. The Balaban J connectivity index is 2.18. The molecule has 1 aromatic rings. The third-order valence-corrected chi connectivity index (χ3v) is 3.14. The van der Waals surface area contributed by atoms with E-state index in [4.69, 9.17) is 10.5 Å². The second-order valence-corrected chi connectivity index (χ2v) is 4.10. The fourth-order valence-electron chi connectivity index (χ4n) is 2.27. The van der Waals surface area contributed by atoms with Crippen LogP contribution in [-0.4, -0.2) is 29.5 Å². The van der Waals surface area contributed by atoms with Gasteiger partial charge in [-0.15, -0.1) is 0 Å². The average Bonchev–Trinajstić information content (AvgIpc) is 2.63. The predicted octanol–water partition coefficient (Wildman–Crippen LogP) is 0.815. The van der Waals surface area contributed by atoms with Crippen LogP contribution in [0.1, 0.15) is 30.0 Å². The zero-order valence-electron chi connectivity index (χ0n) is 9.28. The molecule has 0 spiro atoms. The topological polar surface area (TPSA) is 53.1 Å². The third-order valence-electron chi connectivity index (χ3n) is 3.14. The van der Waals surface area contributed by atoms with Gasteiger partial charge in [-0.2, -0.15) is 5.10 Å². The molecule has 4 nitrogen and oxygen atoms in total. The van der Waals surface area contributed by atoms with Crippen LogP contribution in [-0.2, 0) is 18.2 Å². The van der Waals surface area contributed by atoms with Gasteiger partial charge in [-0.1, -0.05) is 0 Å². The molecule has 0 aliphatic carbocycles. The molecule has 0 atom stereocenters. The summed E-state index contributed by atoms with van der Waals surface area (Å²) in [5.41, 5.74) is 8.30. The van der Waals surface area contributed by atoms with Crippen LogP contribution in [0.5, 0.6) is 0 Å². The first kappa shape index (κ1) is 10.6. The van der Waals surface area contributed by atoms with Crippen LogP contribution in [0.15, 0.2) is 6.20 Å². The molecule has 0 bridgehead atoms. The number of aromatic nitrogens is 2. The molecule has 0 amide bonds. The monoisotopic (exact) mass is 209 g/mol. The van der Waals surface area contributed by atoms with E-state index in [1.165, 1.54) is 11.3 Å². The first-order valence-electron chi connectivity index (χ1n) is 5.61. The van der Waals surface area contributed by atoms with Gasteiger partial charge in [0.1, 0.15) is 0 Å². The maximum Gasteiger partial charge on any atom is 0.0527 e. The molecule has 0 unspecified atom stereocenters. The average molecular weight is 209 g/mol. The Morgan fingerprint density at radius 3 is 2.93 bits per heavy atom. The van der Waals surface area contributed by atoms with Crippen molar-refractivity contribution in [2.75, 3.05) is 19.8 Å². The van der Waals surface area contributed by atoms with Crippen molar-refractivity contribution < 1.29 is 4.74 Å². The number of ether oxygens (including phenoxy) is 1. The van der Waals surface area contributed by atoms with E-state index < -0.39 is 0 Å². The van der Waals surface area contributed by atoms with Gasteiger partial charge in [-0.05, 0) is 30.9 Å². The van der Waals surface area contributed by atoms with Gasteiger partial charge in [-0.3, -0.25) is 4.68 Å². The molecule has 0 radical (unpaired) electrons. The molecule has 1 aromatic heterocycles. The lowest BCUT2D eigenvalue weighted by Crippen LogP contribution is -2.16. The van der Waals surface area contributed by atoms with Gasteiger partial charge >= 0.3 is 0 Å². The molecular weight excluding hydrogens is 190 g/mol. The molecule has 1 fully saturated rings. The molecule has 1 saturated heterocycles. The van der Waals surface area contributed by atoms with Crippen molar-refractivity contribution in [3.8, 4) is 0 Å². The van der Waals surface area contributed by atoms with Gasteiger partial charge in [0.25, 0.3) is 0 Å². The number of hydrogen-bond donors (Lipinski definition) is 1. The lowest BCUT2D eigenvalue weighted by atomic mass is 9.91. The highest BCUT2D eigenvalue weighted by Crippen LogP contribution is 2.29. The van der Waals surface area contributed by atoms with Gasteiger partial charge in [0.05, 0.1) is 6.20 Å². The second-order valence-electron chi connectivity index (χ2n) is 4.10. The molecular formula is C11H19N3O. The third kappa shape index (κ3) is 2.21. The van der Waals surface area contributed by atoms with Gasteiger partial charge in [0, 0.05) is 32.4 Å². The number of aryl methyl sites for hydroxylation is 1. The SMILES string of the molecule is Cn1ncc(C2CCOCC2)c1CCN. The summed E-state index contributed by atoms with van der Waals surface area (Å²) in [5, 5.41) is 4.33. The van der Waals surface area contributed by atoms with E-state index in [9.17, 15) is 0 Å². The van der Waals surface area contributed by atoms with Crippen molar-refractivity contribution in [1.29, 1.82) is 0 Å². The largest absolute Gasteiger partial charge is 0.381 e. The fraction of sp³-hybridized carbons (Fsp3) is 0.727. The van der Waals surface area contributed by atoms with Crippen molar-refractivity contribution in [1.82, 2.24) is 9.78 Å². The van der Waals surface area contributed by atoms with Crippen molar-refractivity contribution in [3.05, 3.63) is 17.5 Å². The Hall–Kier alpha value is -0.870. The van der Waals surface area contributed by atoms with E-state index in [1.807, 2.05) is 17.9 Å². The summed E-state index contributed by atoms with van der Waals surface area (Å²) in [5.74, 6) is 0.619. The molecule has 0 saturated carbocycles. The maximum absolute atomic E-state index is 5.62. The van der Waals surface area contributed by atoms with Crippen LogP contribution in [0.4, 0.5) is 0 Å². The maximum atomic E-state index is 5.62. The summed E-state index contributed by atoms with van der Waals surface area (Å²) >= 11 is 0. The van der Waals surface area contributed by atoms with Crippen LogP contribution in [0.2, 0.25) is 0 Å². The zero-order chi connectivity index (χ0) is 10.7. The molecule has 15 heavy (non-hydrogen) atoms. The fourth-order valence-corrected chi connectivity index (χ4v) is 2.27. The number of hydrogen-bond acceptors (Lipinski definition) is 3. The van der Waals surface area contributed by atoms with Crippen LogP contribution < -0.4 is 5.73 Å². The van der Waals surface area contributed by atoms with Crippen LogP contribution >= 0.6 is 0 Å². The minimum absolute atomic E-state index is 0.619. The van der Waals surface area contributed by atoms with Crippen molar-refractivity contribution in [2.45, 2.75) is 25.2 Å².